The van der Waals surface area contributed by atoms with Crippen LogP contribution in [0.25, 0.3) is 0 Å². The van der Waals surface area contributed by atoms with Crippen molar-refractivity contribution in [3.05, 3.63) is 21.9 Å². The molecule has 0 atom stereocenters. The van der Waals surface area contributed by atoms with Gasteiger partial charge in [0.2, 0.25) is 0 Å². The van der Waals surface area contributed by atoms with E-state index in [0.29, 0.717) is 22.7 Å². The summed E-state index contributed by atoms with van der Waals surface area (Å²) in [6.45, 7) is 2.40. The molecule has 1 aromatic rings. The predicted octanol–water partition coefficient (Wildman–Crippen LogP) is 3.96. The van der Waals surface area contributed by atoms with E-state index >= 15 is 0 Å². The molecule has 2 N–H and O–H groups in total. The number of rotatable bonds is 5. The first-order valence-corrected chi connectivity index (χ1v) is 7.08. The molecule has 128 valence electrons. The monoisotopic (exact) mass is 472 g/mol. The molecule has 1 heterocycles. The van der Waals surface area contributed by atoms with Crippen LogP contribution in [0.4, 0.5) is 13.2 Å². The van der Waals surface area contributed by atoms with E-state index in [2.05, 4.69) is 15.6 Å². The second-order valence-corrected chi connectivity index (χ2v) is 5.09. The van der Waals surface area contributed by atoms with Crippen molar-refractivity contribution in [1.29, 1.82) is 0 Å². The lowest BCUT2D eigenvalue weighted by atomic mass is 10.4. The van der Waals surface area contributed by atoms with E-state index in [4.69, 9.17) is 23.2 Å². The number of hydrogen-bond acceptors (Lipinski definition) is 1. The first kappa shape index (κ1) is 21.6. The summed E-state index contributed by atoms with van der Waals surface area (Å²) in [4.78, 5) is 4.21. The average molecular weight is 473 g/mol. The number of guanidine groups is 1. The van der Waals surface area contributed by atoms with Crippen molar-refractivity contribution < 1.29 is 13.2 Å². The van der Waals surface area contributed by atoms with Gasteiger partial charge in [0.25, 0.3) is 0 Å². The maximum atomic E-state index is 12.1. The minimum absolute atomic E-state index is 0. The molecular formula is C12H18Cl2F3IN4. The number of nitrogens with zero attached hydrogens (tertiary/aromatic N) is 2. The van der Waals surface area contributed by atoms with Crippen LogP contribution in [0, 0.1) is 0 Å². The average Bonchev–Trinajstić information content (AvgIpc) is 2.62. The van der Waals surface area contributed by atoms with Gasteiger partial charge >= 0.3 is 6.18 Å². The van der Waals surface area contributed by atoms with Crippen molar-refractivity contribution in [2.75, 3.05) is 13.1 Å². The van der Waals surface area contributed by atoms with Gasteiger partial charge in [0.1, 0.15) is 5.15 Å². The highest BCUT2D eigenvalue weighted by atomic mass is 127. The van der Waals surface area contributed by atoms with Crippen LogP contribution in [0.3, 0.4) is 0 Å². The van der Waals surface area contributed by atoms with Gasteiger partial charge in [-0.3, -0.25) is 0 Å². The van der Waals surface area contributed by atoms with Crippen LogP contribution >= 0.6 is 47.2 Å². The topological polar surface area (TPSA) is 41.4 Å². The molecule has 0 saturated heterocycles. The molecule has 0 aliphatic heterocycles. The van der Waals surface area contributed by atoms with Crippen LogP contribution in [0.2, 0.25) is 10.2 Å². The van der Waals surface area contributed by atoms with Gasteiger partial charge in [-0.2, -0.15) is 13.2 Å². The van der Waals surface area contributed by atoms with Crippen molar-refractivity contribution in [2.24, 2.45) is 12.0 Å². The lowest BCUT2D eigenvalue weighted by molar-refractivity contribution is -0.132. The molecule has 0 aromatic carbocycles. The number of alkyl halides is 3. The van der Waals surface area contributed by atoms with Crippen molar-refractivity contribution >= 4 is 53.1 Å². The van der Waals surface area contributed by atoms with Crippen molar-refractivity contribution in [1.82, 2.24) is 15.2 Å². The van der Waals surface area contributed by atoms with Crippen molar-refractivity contribution in [2.45, 2.75) is 26.1 Å². The minimum atomic E-state index is -4.19. The number of aromatic nitrogens is 1. The highest BCUT2D eigenvalue weighted by molar-refractivity contribution is 14.0. The first-order chi connectivity index (χ1) is 9.74. The highest BCUT2D eigenvalue weighted by Gasteiger charge is 2.26. The summed E-state index contributed by atoms with van der Waals surface area (Å²) in [5, 5.41) is 6.32. The van der Waals surface area contributed by atoms with Gasteiger partial charge in [0, 0.05) is 25.8 Å². The molecule has 4 nitrogen and oxygen atoms in total. The van der Waals surface area contributed by atoms with Crippen LogP contribution in [0.1, 0.15) is 19.0 Å². The van der Waals surface area contributed by atoms with E-state index in [-0.39, 0.29) is 37.1 Å². The molecule has 0 amide bonds. The predicted molar refractivity (Wildman–Crippen MR) is 94.3 cm³/mol. The number of aliphatic imine (C=N–C) groups is 1. The largest absolute Gasteiger partial charge is 0.390 e. The van der Waals surface area contributed by atoms with E-state index in [1.165, 1.54) is 0 Å². The molecule has 0 radical (unpaired) electrons. The second kappa shape index (κ2) is 9.71. The van der Waals surface area contributed by atoms with Gasteiger partial charge < -0.3 is 15.2 Å². The zero-order chi connectivity index (χ0) is 16.0. The molecule has 0 bridgehead atoms. The van der Waals surface area contributed by atoms with Crippen LogP contribution in [0.15, 0.2) is 11.1 Å². The van der Waals surface area contributed by atoms with Gasteiger partial charge in [-0.25, -0.2) is 4.99 Å². The van der Waals surface area contributed by atoms with Gasteiger partial charge in [-0.05, 0) is 13.0 Å². The molecular weight excluding hydrogens is 455 g/mol. The Morgan fingerprint density at radius 1 is 1.32 bits per heavy atom. The third-order valence-corrected chi connectivity index (χ3v) is 3.50. The lowest BCUT2D eigenvalue weighted by Gasteiger charge is -2.12. The zero-order valence-electron chi connectivity index (χ0n) is 12.1. The molecule has 0 aliphatic carbocycles. The van der Waals surface area contributed by atoms with Crippen LogP contribution in [0.5, 0.6) is 0 Å². The van der Waals surface area contributed by atoms with Gasteiger partial charge in [-0.15, -0.1) is 24.0 Å². The summed E-state index contributed by atoms with van der Waals surface area (Å²) in [6, 6.07) is 1.67. The Labute approximate surface area is 154 Å². The molecule has 0 unspecified atom stereocenters. The summed E-state index contributed by atoms with van der Waals surface area (Å²) in [5.74, 6) is 0.315. The Morgan fingerprint density at radius 2 is 1.95 bits per heavy atom. The SMILES string of the molecule is CCNC(=NCc1cc(Cl)c(Cl)n1C)NCCC(F)(F)F.I. The standard InChI is InChI=1S/C12H17Cl2F3N4.HI/c1-3-18-11(19-5-4-12(15,16)17)20-7-8-6-9(13)10(14)21(8)2;/h6H,3-5,7H2,1-2H3,(H2,18,19,20);1H. The van der Waals surface area contributed by atoms with Gasteiger partial charge in [0.05, 0.1) is 18.0 Å². The summed E-state index contributed by atoms with van der Waals surface area (Å²) in [7, 11) is 1.74. The highest BCUT2D eigenvalue weighted by Crippen LogP contribution is 2.25. The maximum absolute atomic E-state index is 12.1. The Balaban J connectivity index is 0.00000441. The number of halogens is 6. The smallest absolute Gasteiger partial charge is 0.357 e. The fourth-order valence-corrected chi connectivity index (χ4v) is 1.98. The molecule has 0 aliphatic rings. The molecule has 0 fully saturated rings. The van der Waals surface area contributed by atoms with Gasteiger partial charge in [0.15, 0.2) is 5.96 Å². The van der Waals surface area contributed by atoms with Crippen LogP contribution in [-0.2, 0) is 13.6 Å². The molecule has 22 heavy (non-hydrogen) atoms. The second-order valence-electron chi connectivity index (χ2n) is 4.32. The zero-order valence-corrected chi connectivity index (χ0v) is 15.9. The lowest BCUT2D eigenvalue weighted by Crippen LogP contribution is -2.38. The molecule has 0 saturated carbocycles. The molecule has 1 aromatic heterocycles. The van der Waals surface area contributed by atoms with E-state index in [9.17, 15) is 13.2 Å². The molecule has 0 spiro atoms. The van der Waals surface area contributed by atoms with Crippen LogP contribution < -0.4 is 10.6 Å². The normalized spacial score (nSPS) is 12.0. The molecule has 10 heteroatoms. The third-order valence-electron chi connectivity index (χ3n) is 2.66. The summed E-state index contributed by atoms with van der Waals surface area (Å²) in [5.41, 5.74) is 0.762. The Hall–Kier alpha value is -0.350. The fourth-order valence-electron chi connectivity index (χ4n) is 1.57. The first-order valence-electron chi connectivity index (χ1n) is 6.33. The van der Waals surface area contributed by atoms with E-state index < -0.39 is 12.6 Å². The summed E-state index contributed by atoms with van der Waals surface area (Å²) >= 11 is 11.8. The summed E-state index contributed by atoms with van der Waals surface area (Å²) in [6.07, 6.45) is -5.11. The Kier molecular flexibility index (Phi) is 9.56. The maximum Gasteiger partial charge on any atom is 0.390 e. The Bertz CT molecular complexity index is 503. The van der Waals surface area contributed by atoms with Crippen LogP contribution in [-0.4, -0.2) is 29.8 Å². The quantitative estimate of drug-likeness (QED) is 0.387. The minimum Gasteiger partial charge on any atom is -0.357 e. The van der Waals surface area contributed by atoms with Crippen molar-refractivity contribution in [3.63, 3.8) is 0 Å². The fraction of sp³-hybridized carbons (Fsp3) is 0.583. The Morgan fingerprint density at radius 3 is 2.41 bits per heavy atom. The van der Waals surface area contributed by atoms with E-state index in [1.54, 1.807) is 17.7 Å². The van der Waals surface area contributed by atoms with Crippen molar-refractivity contribution in [3.8, 4) is 0 Å². The van der Waals surface area contributed by atoms with Gasteiger partial charge in [-0.1, -0.05) is 23.2 Å². The number of hydrogen-bond donors (Lipinski definition) is 2. The van der Waals surface area contributed by atoms with E-state index in [0.717, 1.165) is 5.69 Å². The third kappa shape index (κ3) is 7.28. The number of nitrogens with one attached hydrogen (secondary N) is 2. The van der Waals surface area contributed by atoms with E-state index in [1.807, 2.05) is 6.92 Å². The summed E-state index contributed by atoms with van der Waals surface area (Å²) < 4.78 is 38.0. The molecule has 1 rings (SSSR count).